The number of rotatable bonds is 2. The Morgan fingerprint density at radius 3 is 2.55 bits per heavy atom. The number of aromatic nitrogens is 2. The normalized spacial score (nSPS) is 11.2. The summed E-state index contributed by atoms with van der Waals surface area (Å²) in [4.78, 5) is 19.1. The van der Waals surface area contributed by atoms with Gasteiger partial charge in [0.1, 0.15) is 18.0 Å². The lowest BCUT2D eigenvalue weighted by Gasteiger charge is -2.10. The van der Waals surface area contributed by atoms with Crippen LogP contribution in [-0.2, 0) is 6.18 Å². The molecule has 0 unspecified atom stereocenters. The van der Waals surface area contributed by atoms with Crippen LogP contribution in [0.15, 0.2) is 36.8 Å². The maximum atomic E-state index is 13.1. The van der Waals surface area contributed by atoms with Crippen LogP contribution in [0.25, 0.3) is 0 Å². The van der Waals surface area contributed by atoms with Crippen molar-refractivity contribution in [3.63, 3.8) is 0 Å². The summed E-state index contributed by atoms with van der Waals surface area (Å²) < 4.78 is 50.7. The van der Waals surface area contributed by atoms with Gasteiger partial charge in [0.15, 0.2) is 0 Å². The van der Waals surface area contributed by atoms with Crippen LogP contribution in [0.2, 0.25) is 0 Å². The SMILES string of the molecule is O=C(Nc1ccncn1)c1ccc(F)c(C(F)(F)F)c1. The van der Waals surface area contributed by atoms with Gasteiger partial charge in [-0.3, -0.25) is 4.79 Å². The molecule has 0 bridgehead atoms. The van der Waals surface area contributed by atoms with E-state index in [2.05, 4.69) is 15.3 Å². The number of anilines is 1. The molecule has 4 nitrogen and oxygen atoms in total. The number of benzene rings is 1. The fourth-order valence-corrected chi connectivity index (χ4v) is 1.44. The lowest BCUT2D eigenvalue weighted by Crippen LogP contribution is -2.15. The molecule has 104 valence electrons. The Hall–Kier alpha value is -2.51. The van der Waals surface area contributed by atoms with Gasteiger partial charge in [-0.15, -0.1) is 0 Å². The number of hydrogen-bond donors (Lipinski definition) is 1. The average Bonchev–Trinajstić information content (AvgIpc) is 2.39. The lowest BCUT2D eigenvalue weighted by molar-refractivity contribution is -0.140. The first-order valence-corrected chi connectivity index (χ1v) is 5.32. The van der Waals surface area contributed by atoms with Gasteiger partial charge in [-0.25, -0.2) is 14.4 Å². The van der Waals surface area contributed by atoms with Crippen LogP contribution in [0.4, 0.5) is 23.4 Å². The van der Waals surface area contributed by atoms with E-state index in [0.717, 1.165) is 6.07 Å². The highest BCUT2D eigenvalue weighted by Gasteiger charge is 2.34. The summed E-state index contributed by atoms with van der Waals surface area (Å²) in [5, 5.41) is 2.28. The molecule has 1 amide bonds. The molecule has 1 aromatic heterocycles. The van der Waals surface area contributed by atoms with Crippen molar-refractivity contribution in [1.29, 1.82) is 0 Å². The summed E-state index contributed by atoms with van der Waals surface area (Å²) >= 11 is 0. The van der Waals surface area contributed by atoms with E-state index >= 15 is 0 Å². The third-order valence-electron chi connectivity index (χ3n) is 2.36. The Morgan fingerprint density at radius 1 is 1.20 bits per heavy atom. The number of carbonyl (C=O) groups is 1. The van der Waals surface area contributed by atoms with E-state index < -0.39 is 23.5 Å². The van der Waals surface area contributed by atoms with Crippen molar-refractivity contribution < 1.29 is 22.4 Å². The van der Waals surface area contributed by atoms with Gasteiger partial charge in [-0.1, -0.05) is 0 Å². The van der Waals surface area contributed by atoms with E-state index in [9.17, 15) is 22.4 Å². The van der Waals surface area contributed by atoms with Gasteiger partial charge < -0.3 is 5.32 Å². The molecule has 2 rings (SSSR count). The van der Waals surface area contributed by atoms with Crippen molar-refractivity contribution in [3.05, 3.63) is 53.7 Å². The summed E-state index contributed by atoms with van der Waals surface area (Å²) in [6.07, 6.45) is -2.34. The standard InChI is InChI=1S/C12H7F4N3O/c13-9-2-1-7(5-8(9)12(14,15)16)11(20)19-10-3-4-17-6-18-10/h1-6H,(H,17,18,19,20). The first kappa shape index (κ1) is 13.9. The van der Waals surface area contributed by atoms with Gasteiger partial charge in [0.25, 0.3) is 5.91 Å². The summed E-state index contributed by atoms with van der Waals surface area (Å²) in [6, 6.07) is 3.37. The number of amides is 1. The third-order valence-corrected chi connectivity index (χ3v) is 2.36. The highest BCUT2D eigenvalue weighted by atomic mass is 19.4. The minimum Gasteiger partial charge on any atom is -0.306 e. The number of hydrogen-bond acceptors (Lipinski definition) is 3. The van der Waals surface area contributed by atoms with E-state index in [0.29, 0.717) is 12.1 Å². The second-order valence-electron chi connectivity index (χ2n) is 3.74. The van der Waals surface area contributed by atoms with E-state index in [-0.39, 0.29) is 11.4 Å². The number of nitrogens with zero attached hydrogens (tertiary/aromatic N) is 2. The van der Waals surface area contributed by atoms with Crippen molar-refractivity contribution in [3.8, 4) is 0 Å². The predicted molar refractivity (Wildman–Crippen MR) is 61.4 cm³/mol. The maximum absolute atomic E-state index is 13.1. The third kappa shape index (κ3) is 3.08. The first-order chi connectivity index (χ1) is 9.38. The molecule has 2 aromatic rings. The predicted octanol–water partition coefficient (Wildman–Crippen LogP) is 2.89. The fourth-order valence-electron chi connectivity index (χ4n) is 1.44. The molecule has 0 aliphatic heterocycles. The number of carbonyl (C=O) groups excluding carboxylic acids is 1. The number of nitrogens with one attached hydrogen (secondary N) is 1. The summed E-state index contributed by atoms with van der Waals surface area (Å²) in [5.74, 6) is -2.13. The Balaban J connectivity index is 2.27. The number of alkyl halides is 3. The molecule has 0 fully saturated rings. The molecule has 8 heteroatoms. The van der Waals surface area contributed by atoms with Crippen LogP contribution in [0.5, 0.6) is 0 Å². The van der Waals surface area contributed by atoms with Gasteiger partial charge in [0.2, 0.25) is 0 Å². The van der Waals surface area contributed by atoms with Crippen molar-refractivity contribution >= 4 is 11.7 Å². The van der Waals surface area contributed by atoms with E-state index in [1.807, 2.05) is 0 Å². The fraction of sp³-hybridized carbons (Fsp3) is 0.0833. The van der Waals surface area contributed by atoms with Crippen LogP contribution in [0, 0.1) is 5.82 Å². The Labute approximate surface area is 110 Å². The minimum atomic E-state index is -4.87. The second-order valence-corrected chi connectivity index (χ2v) is 3.74. The average molecular weight is 285 g/mol. The van der Waals surface area contributed by atoms with Crippen LogP contribution < -0.4 is 5.32 Å². The van der Waals surface area contributed by atoms with Gasteiger partial charge >= 0.3 is 6.18 Å². The van der Waals surface area contributed by atoms with Crippen LogP contribution in [-0.4, -0.2) is 15.9 Å². The van der Waals surface area contributed by atoms with Crippen molar-refractivity contribution in [2.45, 2.75) is 6.18 Å². The molecular formula is C12H7F4N3O. The summed E-state index contributed by atoms with van der Waals surface area (Å²) in [6.45, 7) is 0. The molecule has 0 saturated heterocycles. The van der Waals surface area contributed by atoms with Crippen molar-refractivity contribution in [2.24, 2.45) is 0 Å². The molecule has 1 N–H and O–H groups in total. The minimum absolute atomic E-state index is 0.128. The largest absolute Gasteiger partial charge is 0.419 e. The van der Waals surface area contributed by atoms with Gasteiger partial charge in [0, 0.05) is 11.8 Å². The molecule has 0 aliphatic carbocycles. The Kier molecular flexibility index (Phi) is 3.64. The van der Waals surface area contributed by atoms with Gasteiger partial charge in [0.05, 0.1) is 5.56 Å². The van der Waals surface area contributed by atoms with Gasteiger partial charge in [-0.2, -0.15) is 13.2 Å². The monoisotopic (exact) mass is 285 g/mol. The molecule has 20 heavy (non-hydrogen) atoms. The molecule has 0 spiro atoms. The zero-order valence-corrected chi connectivity index (χ0v) is 9.78. The molecule has 0 atom stereocenters. The molecule has 0 saturated carbocycles. The van der Waals surface area contributed by atoms with Crippen molar-refractivity contribution in [1.82, 2.24) is 9.97 Å². The maximum Gasteiger partial charge on any atom is 0.419 e. The second kappa shape index (κ2) is 5.24. The van der Waals surface area contributed by atoms with E-state index in [1.165, 1.54) is 18.6 Å². The highest BCUT2D eigenvalue weighted by molar-refractivity contribution is 6.03. The lowest BCUT2D eigenvalue weighted by atomic mass is 10.1. The summed E-state index contributed by atoms with van der Waals surface area (Å²) in [7, 11) is 0. The topological polar surface area (TPSA) is 54.9 Å². The summed E-state index contributed by atoms with van der Waals surface area (Å²) in [5.41, 5.74) is -1.81. The zero-order valence-electron chi connectivity index (χ0n) is 9.78. The van der Waals surface area contributed by atoms with Crippen LogP contribution >= 0.6 is 0 Å². The molecule has 0 radical (unpaired) electrons. The van der Waals surface area contributed by atoms with E-state index in [4.69, 9.17) is 0 Å². The molecular weight excluding hydrogens is 278 g/mol. The van der Waals surface area contributed by atoms with Crippen LogP contribution in [0.3, 0.4) is 0 Å². The zero-order chi connectivity index (χ0) is 14.8. The quantitative estimate of drug-likeness (QED) is 0.863. The van der Waals surface area contributed by atoms with E-state index in [1.54, 1.807) is 0 Å². The van der Waals surface area contributed by atoms with Crippen molar-refractivity contribution in [2.75, 3.05) is 5.32 Å². The highest BCUT2D eigenvalue weighted by Crippen LogP contribution is 2.31. The first-order valence-electron chi connectivity index (χ1n) is 5.32. The smallest absolute Gasteiger partial charge is 0.306 e. The number of halogens is 4. The molecule has 0 aliphatic rings. The Bertz CT molecular complexity index is 628. The van der Waals surface area contributed by atoms with Crippen LogP contribution in [0.1, 0.15) is 15.9 Å². The van der Waals surface area contributed by atoms with Gasteiger partial charge in [-0.05, 0) is 24.3 Å². The Morgan fingerprint density at radius 2 is 1.95 bits per heavy atom. The molecule has 1 aromatic carbocycles. The molecule has 1 heterocycles.